The van der Waals surface area contributed by atoms with Gasteiger partial charge in [-0.3, -0.25) is 9.69 Å². The number of nitrogens with zero attached hydrogens (tertiary/aromatic N) is 3. The number of thioether (sulfide) groups is 1. The van der Waals surface area contributed by atoms with E-state index in [-0.39, 0.29) is 11.2 Å². The summed E-state index contributed by atoms with van der Waals surface area (Å²) < 4.78 is 0. The van der Waals surface area contributed by atoms with Gasteiger partial charge in [-0.25, -0.2) is 0 Å². The Morgan fingerprint density at radius 1 is 1.21 bits per heavy atom. The van der Waals surface area contributed by atoms with Crippen LogP contribution in [0.15, 0.2) is 70.7 Å². The summed E-state index contributed by atoms with van der Waals surface area (Å²) >= 11 is 3.06. The van der Waals surface area contributed by atoms with Crippen molar-refractivity contribution in [1.82, 2.24) is 4.90 Å². The zero-order valence-electron chi connectivity index (χ0n) is 13.0. The summed E-state index contributed by atoms with van der Waals surface area (Å²) in [6.45, 7) is 4.18. The maximum atomic E-state index is 12.6. The third-order valence-electron chi connectivity index (χ3n) is 3.47. The van der Waals surface area contributed by atoms with E-state index in [1.807, 2.05) is 47.8 Å². The van der Waals surface area contributed by atoms with E-state index in [2.05, 4.69) is 16.8 Å². The number of amides is 1. The van der Waals surface area contributed by atoms with Gasteiger partial charge in [0, 0.05) is 11.4 Å². The lowest BCUT2D eigenvalue weighted by Gasteiger charge is -2.12. The summed E-state index contributed by atoms with van der Waals surface area (Å²) in [5, 5.41) is 10.8. The first-order valence-corrected chi connectivity index (χ1v) is 9.31. The second-order valence-electron chi connectivity index (χ2n) is 5.18. The highest BCUT2D eigenvalue weighted by Crippen LogP contribution is 2.30. The predicted octanol–water partition coefficient (Wildman–Crippen LogP) is 3.81. The van der Waals surface area contributed by atoms with Gasteiger partial charge in [-0.15, -0.1) is 23.0 Å². The van der Waals surface area contributed by atoms with E-state index in [1.54, 1.807) is 28.5 Å². The van der Waals surface area contributed by atoms with Crippen LogP contribution >= 0.6 is 23.1 Å². The Morgan fingerprint density at radius 3 is 2.75 bits per heavy atom. The number of carbonyl (C=O) groups excluding carboxylic acids is 1. The molecule has 4 nitrogen and oxygen atoms in total. The number of hydrogen-bond acceptors (Lipinski definition) is 5. The summed E-state index contributed by atoms with van der Waals surface area (Å²) in [4.78, 5) is 15.3. The van der Waals surface area contributed by atoms with E-state index in [4.69, 9.17) is 0 Å². The van der Waals surface area contributed by atoms with Crippen molar-refractivity contribution in [3.63, 3.8) is 0 Å². The zero-order chi connectivity index (χ0) is 16.8. The molecule has 0 radical (unpaired) electrons. The quantitative estimate of drug-likeness (QED) is 0.449. The van der Waals surface area contributed by atoms with E-state index in [9.17, 15) is 4.79 Å². The van der Waals surface area contributed by atoms with Gasteiger partial charge < -0.3 is 0 Å². The Labute approximate surface area is 149 Å². The lowest BCUT2D eigenvalue weighted by Crippen LogP contribution is -2.32. The summed E-state index contributed by atoms with van der Waals surface area (Å²) in [7, 11) is 0. The average Bonchev–Trinajstić information content (AvgIpc) is 3.20. The molecule has 1 amide bonds. The van der Waals surface area contributed by atoms with Gasteiger partial charge in [0.05, 0.1) is 11.5 Å². The fourth-order valence-corrected chi connectivity index (χ4v) is 4.06. The lowest BCUT2D eigenvalue weighted by atomic mass is 10.1. The summed E-state index contributed by atoms with van der Waals surface area (Å²) in [6.07, 6.45) is 4.10. The fraction of sp³-hybridized carbons (Fsp3) is 0.167. The molecule has 0 bridgehead atoms. The predicted molar refractivity (Wildman–Crippen MR) is 103 cm³/mol. The highest BCUT2D eigenvalue weighted by atomic mass is 32.2. The van der Waals surface area contributed by atoms with E-state index in [1.165, 1.54) is 11.8 Å². The minimum absolute atomic E-state index is 0.0637. The number of amidine groups is 1. The van der Waals surface area contributed by atoms with Gasteiger partial charge in [-0.2, -0.15) is 5.10 Å². The molecule has 0 saturated carbocycles. The van der Waals surface area contributed by atoms with Gasteiger partial charge in [0.2, 0.25) is 5.91 Å². The molecule has 1 aliphatic heterocycles. The van der Waals surface area contributed by atoms with Crippen LogP contribution in [0, 0.1) is 0 Å². The van der Waals surface area contributed by atoms with Crippen molar-refractivity contribution in [1.29, 1.82) is 0 Å². The molecule has 0 N–H and O–H groups in total. The summed E-state index contributed by atoms with van der Waals surface area (Å²) in [6, 6.07) is 14.0. The molecule has 0 unspecified atom stereocenters. The summed E-state index contributed by atoms with van der Waals surface area (Å²) in [5.41, 5.74) is 1.14. The van der Waals surface area contributed by atoms with E-state index in [0.29, 0.717) is 18.1 Å². The smallest absolute Gasteiger partial charge is 0.242 e. The van der Waals surface area contributed by atoms with E-state index < -0.39 is 0 Å². The standard InChI is InChI=1S/C18H17N3OS2/c1-2-10-21-17(22)16(12-14-7-4-3-5-8-14)24-18(21)20-19-13-15-9-6-11-23-15/h2-9,11,13,16H,1,10,12H2/b19-13-,20-18+/t16-/m1/s1. The number of thiophene rings is 1. The van der Waals surface area contributed by atoms with Crippen LogP contribution in [0.1, 0.15) is 10.4 Å². The van der Waals surface area contributed by atoms with Crippen LogP contribution in [0.2, 0.25) is 0 Å². The molecular weight excluding hydrogens is 338 g/mol. The minimum Gasteiger partial charge on any atom is -0.285 e. The minimum atomic E-state index is -0.164. The Balaban J connectivity index is 1.75. The molecular formula is C18H17N3OS2. The van der Waals surface area contributed by atoms with Gasteiger partial charge in [-0.05, 0) is 23.4 Å². The molecule has 0 aliphatic carbocycles. The fourth-order valence-electron chi connectivity index (χ4n) is 2.34. The highest BCUT2D eigenvalue weighted by molar-refractivity contribution is 8.15. The molecule has 24 heavy (non-hydrogen) atoms. The maximum absolute atomic E-state index is 12.6. The first kappa shape index (κ1) is 16.7. The zero-order valence-corrected chi connectivity index (χ0v) is 14.7. The average molecular weight is 355 g/mol. The molecule has 122 valence electrons. The van der Waals surface area contributed by atoms with Gasteiger partial charge in [0.1, 0.15) is 0 Å². The monoisotopic (exact) mass is 355 g/mol. The molecule has 1 fully saturated rings. The van der Waals surface area contributed by atoms with Crippen molar-refractivity contribution in [3.05, 3.63) is 70.9 Å². The summed E-state index contributed by atoms with van der Waals surface area (Å²) in [5.74, 6) is 0.0637. The molecule has 1 aliphatic rings. The maximum Gasteiger partial charge on any atom is 0.242 e. The largest absolute Gasteiger partial charge is 0.285 e. The molecule has 1 aromatic heterocycles. The van der Waals surface area contributed by atoms with Gasteiger partial charge in [0.25, 0.3) is 0 Å². The van der Waals surface area contributed by atoms with Crippen LogP contribution in [0.5, 0.6) is 0 Å². The molecule has 3 rings (SSSR count). The lowest BCUT2D eigenvalue weighted by molar-refractivity contribution is -0.125. The Hall–Kier alpha value is -2.18. The van der Waals surface area contributed by atoms with Crippen LogP contribution in [0.3, 0.4) is 0 Å². The van der Waals surface area contributed by atoms with Crippen molar-refractivity contribution in [2.24, 2.45) is 10.2 Å². The van der Waals surface area contributed by atoms with Crippen molar-refractivity contribution in [2.45, 2.75) is 11.7 Å². The van der Waals surface area contributed by atoms with Crippen molar-refractivity contribution >= 4 is 40.4 Å². The second-order valence-corrected chi connectivity index (χ2v) is 7.33. The molecule has 0 spiro atoms. The third-order valence-corrected chi connectivity index (χ3v) is 5.44. The first-order chi connectivity index (χ1) is 11.8. The normalized spacial score (nSPS) is 19.5. The van der Waals surface area contributed by atoms with Gasteiger partial charge in [-0.1, -0.05) is 54.2 Å². The van der Waals surface area contributed by atoms with Gasteiger partial charge >= 0.3 is 0 Å². The first-order valence-electron chi connectivity index (χ1n) is 7.55. The highest BCUT2D eigenvalue weighted by Gasteiger charge is 2.37. The van der Waals surface area contributed by atoms with Crippen LogP contribution in [0.25, 0.3) is 0 Å². The second kappa shape index (κ2) is 8.08. The van der Waals surface area contributed by atoms with E-state index in [0.717, 1.165) is 10.4 Å². The third kappa shape index (κ3) is 4.01. The Morgan fingerprint density at radius 2 is 2.04 bits per heavy atom. The van der Waals surface area contributed by atoms with Crippen molar-refractivity contribution < 1.29 is 4.79 Å². The number of benzene rings is 1. The molecule has 1 aromatic carbocycles. The number of carbonyl (C=O) groups is 1. The van der Waals surface area contributed by atoms with Crippen LogP contribution in [0.4, 0.5) is 0 Å². The number of hydrogen-bond donors (Lipinski definition) is 0. The van der Waals surface area contributed by atoms with Crippen LogP contribution < -0.4 is 0 Å². The Bertz CT molecular complexity index is 754. The molecule has 2 heterocycles. The topological polar surface area (TPSA) is 45.0 Å². The number of rotatable bonds is 6. The molecule has 1 atom stereocenters. The van der Waals surface area contributed by atoms with Crippen LogP contribution in [-0.2, 0) is 11.2 Å². The van der Waals surface area contributed by atoms with Crippen molar-refractivity contribution in [2.75, 3.05) is 6.54 Å². The van der Waals surface area contributed by atoms with E-state index >= 15 is 0 Å². The molecule has 6 heteroatoms. The Kier molecular flexibility index (Phi) is 5.61. The SMILES string of the molecule is C=CCN1C(=O)[C@@H](Cc2ccccc2)S/C1=N/N=C\c1cccs1. The van der Waals surface area contributed by atoms with Crippen molar-refractivity contribution in [3.8, 4) is 0 Å². The van der Waals surface area contributed by atoms with Gasteiger partial charge in [0.15, 0.2) is 5.17 Å². The molecule has 2 aromatic rings. The van der Waals surface area contributed by atoms with Crippen LogP contribution in [-0.4, -0.2) is 34.0 Å². The molecule has 1 saturated heterocycles.